The van der Waals surface area contributed by atoms with Gasteiger partial charge in [0, 0.05) is 36.7 Å². The first-order chi connectivity index (χ1) is 10.6. The molecular formula is C16H18N2O4. The Kier molecular flexibility index (Phi) is 5.50. The third kappa shape index (κ3) is 4.06. The molecule has 1 aliphatic rings. The van der Waals surface area contributed by atoms with E-state index in [1.807, 2.05) is 0 Å². The molecule has 1 amide bonds. The number of nitrogens with zero attached hydrogens (tertiary/aromatic N) is 2. The van der Waals surface area contributed by atoms with E-state index in [1.165, 1.54) is 18.2 Å². The van der Waals surface area contributed by atoms with Gasteiger partial charge in [0.2, 0.25) is 0 Å². The van der Waals surface area contributed by atoms with Crippen molar-refractivity contribution in [2.24, 2.45) is 5.92 Å². The van der Waals surface area contributed by atoms with E-state index >= 15 is 0 Å². The number of likely N-dealkylation sites (tertiary alicyclic amines) is 1. The summed E-state index contributed by atoms with van der Waals surface area (Å²) >= 11 is 0. The van der Waals surface area contributed by atoms with Crippen molar-refractivity contribution >= 4 is 11.6 Å². The first-order valence-electron chi connectivity index (χ1n) is 7.16. The Morgan fingerprint density at radius 1 is 1.55 bits per heavy atom. The van der Waals surface area contributed by atoms with Crippen molar-refractivity contribution in [3.05, 3.63) is 39.9 Å². The van der Waals surface area contributed by atoms with Crippen LogP contribution in [0.3, 0.4) is 0 Å². The fourth-order valence-electron chi connectivity index (χ4n) is 2.61. The highest BCUT2D eigenvalue weighted by molar-refractivity contribution is 5.94. The second-order valence-corrected chi connectivity index (χ2v) is 5.29. The lowest BCUT2D eigenvalue weighted by atomic mass is 9.98. The first-order valence-corrected chi connectivity index (χ1v) is 7.16. The highest BCUT2D eigenvalue weighted by Crippen LogP contribution is 2.20. The zero-order chi connectivity index (χ0) is 15.9. The van der Waals surface area contributed by atoms with Crippen LogP contribution in [0.1, 0.15) is 23.2 Å². The second-order valence-electron chi connectivity index (χ2n) is 5.29. The molecule has 6 nitrogen and oxygen atoms in total. The number of nitro groups is 1. The lowest BCUT2D eigenvalue weighted by Gasteiger charge is -2.32. The molecule has 116 valence electrons. The molecule has 1 fully saturated rings. The van der Waals surface area contributed by atoms with Crippen LogP contribution in [0.2, 0.25) is 0 Å². The third-order valence-electron chi connectivity index (χ3n) is 3.65. The summed E-state index contributed by atoms with van der Waals surface area (Å²) in [5.74, 6) is 2.50. The second kappa shape index (κ2) is 7.57. The molecule has 0 N–H and O–H groups in total. The lowest BCUT2D eigenvalue weighted by Crippen LogP contribution is -2.41. The van der Waals surface area contributed by atoms with Gasteiger partial charge in [-0.25, -0.2) is 0 Å². The van der Waals surface area contributed by atoms with E-state index in [4.69, 9.17) is 11.2 Å². The van der Waals surface area contributed by atoms with E-state index < -0.39 is 4.92 Å². The van der Waals surface area contributed by atoms with Crippen molar-refractivity contribution in [3.63, 3.8) is 0 Å². The maximum absolute atomic E-state index is 12.5. The minimum Gasteiger partial charge on any atom is -0.368 e. The van der Waals surface area contributed by atoms with Gasteiger partial charge in [0.25, 0.3) is 11.6 Å². The van der Waals surface area contributed by atoms with Gasteiger partial charge in [-0.1, -0.05) is 12.0 Å². The van der Waals surface area contributed by atoms with Gasteiger partial charge in [-0.15, -0.1) is 6.42 Å². The van der Waals surface area contributed by atoms with E-state index in [0.29, 0.717) is 25.3 Å². The quantitative estimate of drug-likeness (QED) is 0.361. The fraction of sp³-hybridized carbons (Fsp3) is 0.438. The van der Waals surface area contributed by atoms with Crippen LogP contribution in [-0.4, -0.2) is 42.0 Å². The number of amides is 1. The molecule has 1 unspecified atom stereocenters. The monoisotopic (exact) mass is 302 g/mol. The summed E-state index contributed by atoms with van der Waals surface area (Å²) in [4.78, 5) is 24.5. The molecule has 2 rings (SSSR count). The molecule has 1 atom stereocenters. The molecule has 1 aliphatic heterocycles. The maximum atomic E-state index is 12.5. The Morgan fingerprint density at radius 2 is 2.36 bits per heavy atom. The molecule has 6 heteroatoms. The number of carbonyl (C=O) groups is 1. The van der Waals surface area contributed by atoms with Gasteiger partial charge in [0.1, 0.15) is 6.61 Å². The van der Waals surface area contributed by atoms with E-state index in [2.05, 4.69) is 5.92 Å². The number of nitro benzene ring substituents is 1. The predicted molar refractivity (Wildman–Crippen MR) is 81.4 cm³/mol. The van der Waals surface area contributed by atoms with Gasteiger partial charge in [-0.05, 0) is 18.9 Å². The predicted octanol–water partition coefficient (Wildman–Crippen LogP) is 2.10. The average Bonchev–Trinajstić information content (AvgIpc) is 2.55. The van der Waals surface area contributed by atoms with Gasteiger partial charge in [0.05, 0.1) is 11.5 Å². The van der Waals surface area contributed by atoms with Crippen molar-refractivity contribution in [2.75, 3.05) is 26.3 Å². The van der Waals surface area contributed by atoms with Crippen molar-refractivity contribution in [1.29, 1.82) is 0 Å². The molecule has 0 aliphatic carbocycles. The molecule has 1 heterocycles. The fourth-order valence-corrected chi connectivity index (χ4v) is 2.61. The molecular weight excluding hydrogens is 284 g/mol. The van der Waals surface area contributed by atoms with Crippen LogP contribution in [0.15, 0.2) is 24.3 Å². The number of hydrogen-bond donors (Lipinski definition) is 0. The summed E-state index contributed by atoms with van der Waals surface area (Å²) in [7, 11) is 0. The van der Waals surface area contributed by atoms with Crippen molar-refractivity contribution in [2.45, 2.75) is 12.8 Å². The normalized spacial score (nSPS) is 17.8. The van der Waals surface area contributed by atoms with E-state index in [1.54, 1.807) is 11.0 Å². The van der Waals surface area contributed by atoms with E-state index in [9.17, 15) is 14.9 Å². The molecule has 0 spiro atoms. The molecule has 0 bridgehead atoms. The minimum absolute atomic E-state index is 0.0724. The summed E-state index contributed by atoms with van der Waals surface area (Å²) in [5.41, 5.74) is 0.274. The first kappa shape index (κ1) is 16.0. The van der Waals surface area contributed by atoms with Crippen molar-refractivity contribution in [3.8, 4) is 12.3 Å². The molecule has 0 radical (unpaired) electrons. The van der Waals surface area contributed by atoms with Crippen molar-refractivity contribution < 1.29 is 14.5 Å². The van der Waals surface area contributed by atoms with Crippen LogP contribution in [0, 0.1) is 28.4 Å². The third-order valence-corrected chi connectivity index (χ3v) is 3.65. The standard InChI is InChI=1S/C16H18N2O4/c1-2-9-22-12-13-5-4-8-17(11-13)16(19)14-6-3-7-15(10-14)18(20)21/h1,3,6-7,10,13H,4-5,8-9,11-12H2. The topological polar surface area (TPSA) is 72.7 Å². The number of benzene rings is 1. The Bertz CT molecular complexity index is 594. The Morgan fingerprint density at radius 3 is 3.09 bits per heavy atom. The Balaban J connectivity index is 2.01. The zero-order valence-corrected chi connectivity index (χ0v) is 12.2. The number of ether oxygens (including phenoxy) is 1. The van der Waals surface area contributed by atoms with E-state index in [0.717, 1.165) is 12.8 Å². The highest BCUT2D eigenvalue weighted by atomic mass is 16.6. The molecule has 0 saturated carbocycles. The molecule has 22 heavy (non-hydrogen) atoms. The average molecular weight is 302 g/mol. The molecule has 1 saturated heterocycles. The molecule has 1 aromatic carbocycles. The van der Waals surface area contributed by atoms with Gasteiger partial charge in [-0.3, -0.25) is 14.9 Å². The summed E-state index contributed by atoms with van der Waals surface area (Å²) < 4.78 is 5.34. The summed E-state index contributed by atoms with van der Waals surface area (Å²) in [6.45, 7) is 2.05. The molecule has 0 aromatic heterocycles. The summed E-state index contributed by atoms with van der Waals surface area (Å²) in [6, 6.07) is 5.83. The number of non-ortho nitro benzene ring substituents is 1. The zero-order valence-electron chi connectivity index (χ0n) is 12.2. The minimum atomic E-state index is -0.497. The summed E-state index contributed by atoms with van der Waals surface area (Å²) in [6.07, 6.45) is 7.02. The summed E-state index contributed by atoms with van der Waals surface area (Å²) in [5, 5.41) is 10.8. The van der Waals surface area contributed by atoms with Gasteiger partial charge < -0.3 is 9.64 Å². The SMILES string of the molecule is C#CCOCC1CCCN(C(=O)c2cccc([N+](=O)[O-])c2)C1. The van der Waals surface area contributed by atoms with E-state index in [-0.39, 0.29) is 24.1 Å². The number of rotatable bonds is 5. The van der Waals surface area contributed by atoms with Crippen LogP contribution < -0.4 is 0 Å². The van der Waals surface area contributed by atoms with Crippen LogP contribution in [0.25, 0.3) is 0 Å². The van der Waals surface area contributed by atoms with Crippen LogP contribution in [0.5, 0.6) is 0 Å². The Hall–Kier alpha value is -2.39. The number of carbonyl (C=O) groups excluding carboxylic acids is 1. The van der Waals surface area contributed by atoms with Crippen molar-refractivity contribution in [1.82, 2.24) is 4.90 Å². The van der Waals surface area contributed by atoms with Gasteiger partial charge >= 0.3 is 0 Å². The number of hydrogen-bond acceptors (Lipinski definition) is 4. The Labute approximate surface area is 129 Å². The van der Waals surface area contributed by atoms with Gasteiger partial charge in [-0.2, -0.15) is 0 Å². The molecule has 1 aromatic rings. The van der Waals surface area contributed by atoms with Crippen LogP contribution in [-0.2, 0) is 4.74 Å². The largest absolute Gasteiger partial charge is 0.368 e. The van der Waals surface area contributed by atoms with Gasteiger partial charge in [0.15, 0.2) is 0 Å². The maximum Gasteiger partial charge on any atom is 0.270 e. The highest BCUT2D eigenvalue weighted by Gasteiger charge is 2.25. The smallest absolute Gasteiger partial charge is 0.270 e. The lowest BCUT2D eigenvalue weighted by molar-refractivity contribution is -0.384. The number of piperidine rings is 1. The van der Waals surface area contributed by atoms with Crippen LogP contribution >= 0.6 is 0 Å². The number of terminal acetylenes is 1. The van der Waals surface area contributed by atoms with Crippen LogP contribution in [0.4, 0.5) is 5.69 Å².